The molecule has 1 aliphatic rings. The first kappa shape index (κ1) is 12.1. The first-order chi connectivity index (χ1) is 7.61. The Bertz CT molecular complexity index is 427. The summed E-state index contributed by atoms with van der Waals surface area (Å²) in [6.45, 7) is 0.562. The van der Waals surface area contributed by atoms with Crippen molar-refractivity contribution in [3.63, 3.8) is 0 Å². The van der Waals surface area contributed by atoms with E-state index in [1.54, 1.807) is 11.0 Å². The number of aliphatic hydroxyl groups is 1. The smallest absolute Gasteiger partial charge is 0.228 e. The zero-order valence-electron chi connectivity index (χ0n) is 8.36. The third-order valence-electron chi connectivity index (χ3n) is 2.51. The summed E-state index contributed by atoms with van der Waals surface area (Å²) in [6, 6.07) is 1.77. The van der Waals surface area contributed by atoms with E-state index >= 15 is 0 Å². The lowest BCUT2D eigenvalue weighted by atomic mass is 10.1. The van der Waals surface area contributed by atoms with Gasteiger partial charge in [-0.05, 0) is 28.7 Å². The van der Waals surface area contributed by atoms with Gasteiger partial charge in [0.2, 0.25) is 5.91 Å². The van der Waals surface area contributed by atoms with Crippen molar-refractivity contribution in [1.29, 1.82) is 0 Å². The summed E-state index contributed by atoms with van der Waals surface area (Å²) < 4.78 is 0.844. The SMILES string of the molecule is O=C1CC(CO)CN1c1ncc(Cl)cc1I. The van der Waals surface area contributed by atoms with Gasteiger partial charge in [0.05, 0.1) is 8.59 Å². The molecule has 1 unspecified atom stereocenters. The monoisotopic (exact) mass is 352 g/mol. The van der Waals surface area contributed by atoms with Gasteiger partial charge in [0.15, 0.2) is 0 Å². The quantitative estimate of drug-likeness (QED) is 0.824. The van der Waals surface area contributed by atoms with Crippen molar-refractivity contribution < 1.29 is 9.90 Å². The van der Waals surface area contributed by atoms with E-state index in [1.807, 2.05) is 0 Å². The van der Waals surface area contributed by atoms with Crippen molar-refractivity contribution in [3.8, 4) is 0 Å². The Morgan fingerprint density at radius 2 is 2.44 bits per heavy atom. The van der Waals surface area contributed by atoms with Crippen LogP contribution in [0.4, 0.5) is 5.82 Å². The van der Waals surface area contributed by atoms with E-state index in [-0.39, 0.29) is 18.4 Å². The van der Waals surface area contributed by atoms with Gasteiger partial charge in [0, 0.05) is 31.7 Å². The Morgan fingerprint density at radius 1 is 1.69 bits per heavy atom. The highest BCUT2D eigenvalue weighted by Gasteiger charge is 2.31. The molecule has 1 fully saturated rings. The highest BCUT2D eigenvalue weighted by atomic mass is 127. The number of aliphatic hydroxyl groups excluding tert-OH is 1. The fraction of sp³-hybridized carbons (Fsp3) is 0.400. The number of nitrogens with zero attached hydrogens (tertiary/aromatic N) is 2. The second kappa shape index (κ2) is 4.85. The van der Waals surface area contributed by atoms with Crippen LogP contribution in [0.25, 0.3) is 0 Å². The van der Waals surface area contributed by atoms with Crippen molar-refractivity contribution in [3.05, 3.63) is 20.9 Å². The molecule has 0 bridgehead atoms. The lowest BCUT2D eigenvalue weighted by Gasteiger charge is -2.16. The van der Waals surface area contributed by atoms with E-state index in [0.717, 1.165) is 3.57 Å². The molecule has 1 saturated heterocycles. The molecule has 1 N–H and O–H groups in total. The number of amides is 1. The minimum atomic E-state index is 0.00629. The van der Waals surface area contributed by atoms with E-state index in [2.05, 4.69) is 27.6 Å². The fourth-order valence-electron chi connectivity index (χ4n) is 1.71. The predicted molar refractivity (Wildman–Crippen MR) is 69.5 cm³/mol. The van der Waals surface area contributed by atoms with Gasteiger partial charge in [-0.2, -0.15) is 0 Å². The third-order valence-corrected chi connectivity index (χ3v) is 3.51. The van der Waals surface area contributed by atoms with E-state index < -0.39 is 0 Å². The molecule has 6 heteroatoms. The first-order valence-electron chi connectivity index (χ1n) is 4.84. The zero-order valence-corrected chi connectivity index (χ0v) is 11.3. The fourth-order valence-corrected chi connectivity index (χ4v) is 2.82. The van der Waals surface area contributed by atoms with Crippen molar-refractivity contribution in [2.24, 2.45) is 5.92 Å². The Hall–Kier alpha value is -0.400. The van der Waals surface area contributed by atoms with Gasteiger partial charge in [-0.1, -0.05) is 11.6 Å². The number of hydrogen-bond donors (Lipinski definition) is 1. The van der Waals surface area contributed by atoms with Crippen molar-refractivity contribution in [2.75, 3.05) is 18.1 Å². The number of anilines is 1. The van der Waals surface area contributed by atoms with E-state index in [9.17, 15) is 4.79 Å². The molecule has 1 aromatic heterocycles. The van der Waals surface area contributed by atoms with Gasteiger partial charge in [-0.15, -0.1) is 0 Å². The molecule has 4 nitrogen and oxygen atoms in total. The summed E-state index contributed by atoms with van der Waals surface area (Å²) in [4.78, 5) is 17.5. The summed E-state index contributed by atoms with van der Waals surface area (Å²) in [6.07, 6.45) is 1.91. The van der Waals surface area contributed by atoms with Gasteiger partial charge in [-0.3, -0.25) is 9.69 Å². The normalized spacial score (nSPS) is 20.6. The Labute approximate surface area is 112 Å². The number of halogens is 2. The Kier molecular flexibility index (Phi) is 3.66. The molecule has 1 aromatic rings. The average Bonchev–Trinajstić information content (AvgIpc) is 2.60. The molecule has 0 radical (unpaired) electrons. The van der Waals surface area contributed by atoms with Gasteiger partial charge in [0.25, 0.3) is 0 Å². The summed E-state index contributed by atoms with van der Waals surface area (Å²) in [5.74, 6) is 0.651. The molecule has 2 rings (SSSR count). The minimum absolute atomic E-state index is 0.00629. The van der Waals surface area contributed by atoms with Crippen molar-refractivity contribution in [1.82, 2.24) is 4.98 Å². The maximum Gasteiger partial charge on any atom is 0.228 e. The molecule has 16 heavy (non-hydrogen) atoms. The third kappa shape index (κ3) is 2.31. The maximum absolute atomic E-state index is 11.7. The van der Waals surface area contributed by atoms with Crippen LogP contribution in [-0.2, 0) is 4.79 Å². The van der Waals surface area contributed by atoms with Gasteiger partial charge >= 0.3 is 0 Å². The summed E-state index contributed by atoms with van der Waals surface area (Å²) in [7, 11) is 0. The lowest BCUT2D eigenvalue weighted by Crippen LogP contribution is -2.26. The van der Waals surface area contributed by atoms with Gasteiger partial charge in [0.1, 0.15) is 5.82 Å². The molecule has 1 amide bonds. The number of hydrogen-bond acceptors (Lipinski definition) is 3. The highest BCUT2D eigenvalue weighted by Crippen LogP contribution is 2.28. The summed E-state index contributed by atoms with van der Waals surface area (Å²) >= 11 is 7.91. The Morgan fingerprint density at radius 3 is 3.00 bits per heavy atom. The second-order valence-electron chi connectivity index (χ2n) is 3.72. The maximum atomic E-state index is 11.7. The van der Waals surface area contributed by atoms with E-state index in [1.165, 1.54) is 6.20 Å². The van der Waals surface area contributed by atoms with Crippen LogP contribution in [-0.4, -0.2) is 29.1 Å². The molecule has 1 atom stereocenters. The standard InChI is InChI=1S/C10H10ClIN2O2/c11-7-2-8(12)10(13-3-7)14-4-6(5-15)1-9(14)16/h2-3,6,15H,1,4-5H2. The number of pyridine rings is 1. The van der Waals surface area contributed by atoms with Crippen LogP contribution in [0.3, 0.4) is 0 Å². The van der Waals surface area contributed by atoms with Crippen LogP contribution in [0.15, 0.2) is 12.3 Å². The molecular formula is C10H10ClIN2O2. The lowest BCUT2D eigenvalue weighted by molar-refractivity contribution is -0.117. The molecule has 0 spiro atoms. The van der Waals surface area contributed by atoms with Crippen molar-refractivity contribution >= 4 is 45.9 Å². The van der Waals surface area contributed by atoms with E-state index in [4.69, 9.17) is 16.7 Å². The Balaban J connectivity index is 2.28. The van der Waals surface area contributed by atoms with Crippen LogP contribution >= 0.6 is 34.2 Å². The number of carbonyl (C=O) groups excluding carboxylic acids is 1. The largest absolute Gasteiger partial charge is 0.396 e. The molecule has 0 aliphatic carbocycles. The van der Waals surface area contributed by atoms with Gasteiger partial charge < -0.3 is 5.11 Å². The molecular weight excluding hydrogens is 342 g/mol. The van der Waals surface area contributed by atoms with Crippen LogP contribution in [0, 0.1) is 9.49 Å². The second-order valence-corrected chi connectivity index (χ2v) is 5.31. The van der Waals surface area contributed by atoms with Crippen LogP contribution in [0.2, 0.25) is 5.02 Å². The number of rotatable bonds is 2. The number of carbonyl (C=O) groups is 1. The van der Waals surface area contributed by atoms with Crippen molar-refractivity contribution in [2.45, 2.75) is 6.42 Å². The molecule has 2 heterocycles. The molecule has 0 aromatic carbocycles. The number of aromatic nitrogens is 1. The molecule has 0 saturated carbocycles. The van der Waals surface area contributed by atoms with Crippen LogP contribution in [0.1, 0.15) is 6.42 Å². The molecule has 1 aliphatic heterocycles. The predicted octanol–water partition coefficient (Wildman–Crippen LogP) is 1.68. The highest BCUT2D eigenvalue weighted by molar-refractivity contribution is 14.1. The minimum Gasteiger partial charge on any atom is -0.396 e. The zero-order chi connectivity index (χ0) is 11.7. The first-order valence-corrected chi connectivity index (χ1v) is 6.29. The average molecular weight is 353 g/mol. The van der Waals surface area contributed by atoms with Gasteiger partial charge in [-0.25, -0.2) is 4.98 Å². The molecule has 86 valence electrons. The summed E-state index contributed by atoms with van der Waals surface area (Å²) in [5, 5.41) is 9.59. The van der Waals surface area contributed by atoms with Crippen LogP contribution in [0.5, 0.6) is 0 Å². The topological polar surface area (TPSA) is 53.4 Å². The summed E-state index contributed by atoms with van der Waals surface area (Å²) in [5.41, 5.74) is 0. The van der Waals surface area contributed by atoms with Crippen LogP contribution < -0.4 is 4.90 Å². The van der Waals surface area contributed by atoms with E-state index in [0.29, 0.717) is 23.8 Å².